The van der Waals surface area contributed by atoms with E-state index in [4.69, 9.17) is 9.47 Å². The lowest BCUT2D eigenvalue weighted by Gasteiger charge is -2.11. The highest BCUT2D eigenvalue weighted by Crippen LogP contribution is 2.27. The van der Waals surface area contributed by atoms with Gasteiger partial charge in [0.15, 0.2) is 11.5 Å². The Morgan fingerprint density at radius 1 is 0.821 bits per heavy atom. The van der Waals surface area contributed by atoms with Crippen molar-refractivity contribution >= 4 is 23.4 Å². The molecule has 0 spiro atoms. The maximum Gasteiger partial charge on any atom is 0.251 e. The van der Waals surface area contributed by atoms with E-state index in [-0.39, 0.29) is 30.8 Å². The van der Waals surface area contributed by atoms with Crippen LogP contribution in [0.4, 0.5) is 5.69 Å². The number of benzene rings is 2. The maximum atomic E-state index is 12.2. The summed E-state index contributed by atoms with van der Waals surface area (Å²) in [5.74, 6) is 0.196. The highest BCUT2D eigenvalue weighted by Gasteiger charge is 2.11. The van der Waals surface area contributed by atoms with E-state index in [1.807, 2.05) is 0 Å². The molecule has 0 fully saturated rings. The fraction of sp³-hybridized carbons (Fsp3) is 0.250. The lowest BCUT2D eigenvalue weighted by atomic mass is 10.2. The maximum absolute atomic E-state index is 12.2. The van der Waals surface area contributed by atoms with E-state index in [0.717, 1.165) is 0 Å². The molecule has 0 aliphatic carbocycles. The second-order valence-corrected chi connectivity index (χ2v) is 5.84. The fourth-order valence-corrected chi connectivity index (χ4v) is 2.48. The van der Waals surface area contributed by atoms with Crippen molar-refractivity contribution in [2.24, 2.45) is 0 Å². The van der Waals surface area contributed by atoms with Crippen LogP contribution in [0.5, 0.6) is 11.5 Å². The van der Waals surface area contributed by atoms with Crippen molar-refractivity contribution in [1.29, 1.82) is 0 Å². The van der Waals surface area contributed by atoms with Crippen LogP contribution >= 0.6 is 0 Å². The molecular weight excluding hydrogens is 362 g/mol. The molecule has 0 radical (unpaired) electrons. The van der Waals surface area contributed by atoms with Gasteiger partial charge in [0.25, 0.3) is 11.8 Å². The average Bonchev–Trinajstić information content (AvgIpc) is 2.69. The molecule has 148 valence electrons. The summed E-state index contributed by atoms with van der Waals surface area (Å²) in [5.41, 5.74) is 1.38. The van der Waals surface area contributed by atoms with Crippen molar-refractivity contribution in [3.63, 3.8) is 0 Å². The SMILES string of the molecule is COc1ccc(C(=O)NCCNC(=O)c2cccc(NC(C)=O)c2)cc1OC. The van der Waals surface area contributed by atoms with E-state index in [1.165, 1.54) is 21.1 Å². The molecule has 0 bridgehead atoms. The first-order chi connectivity index (χ1) is 13.4. The first kappa shape index (κ1) is 20.8. The first-order valence-electron chi connectivity index (χ1n) is 8.60. The van der Waals surface area contributed by atoms with Crippen molar-refractivity contribution < 1.29 is 23.9 Å². The summed E-state index contributed by atoms with van der Waals surface area (Å²) in [6.07, 6.45) is 0. The molecule has 2 rings (SSSR count). The van der Waals surface area contributed by atoms with Gasteiger partial charge >= 0.3 is 0 Å². The molecule has 0 atom stereocenters. The molecular formula is C20H23N3O5. The Bertz CT molecular complexity index is 867. The summed E-state index contributed by atoms with van der Waals surface area (Å²) in [7, 11) is 3.02. The normalized spacial score (nSPS) is 9.96. The minimum Gasteiger partial charge on any atom is -0.493 e. The number of methoxy groups -OCH3 is 2. The summed E-state index contributed by atoms with van der Waals surface area (Å²) >= 11 is 0. The smallest absolute Gasteiger partial charge is 0.251 e. The van der Waals surface area contributed by atoms with Crippen LogP contribution in [0.1, 0.15) is 27.6 Å². The molecule has 0 saturated carbocycles. The zero-order valence-corrected chi connectivity index (χ0v) is 16.0. The van der Waals surface area contributed by atoms with Gasteiger partial charge in [0.05, 0.1) is 14.2 Å². The standard InChI is InChI=1S/C20H23N3O5/c1-13(24)23-16-6-4-5-14(11-16)19(25)21-9-10-22-20(26)15-7-8-17(27-2)18(12-15)28-3/h4-8,11-12H,9-10H2,1-3H3,(H,21,25)(H,22,26)(H,23,24). The highest BCUT2D eigenvalue weighted by molar-refractivity contribution is 5.97. The van der Waals surface area contributed by atoms with Crippen LogP contribution in [-0.2, 0) is 4.79 Å². The topological polar surface area (TPSA) is 106 Å². The van der Waals surface area contributed by atoms with E-state index in [9.17, 15) is 14.4 Å². The lowest BCUT2D eigenvalue weighted by molar-refractivity contribution is -0.114. The molecule has 0 aromatic heterocycles. The van der Waals surface area contributed by atoms with E-state index >= 15 is 0 Å². The molecule has 8 nitrogen and oxygen atoms in total. The van der Waals surface area contributed by atoms with Gasteiger partial charge in [-0.2, -0.15) is 0 Å². The second kappa shape index (κ2) is 9.96. The van der Waals surface area contributed by atoms with Crippen molar-refractivity contribution in [3.05, 3.63) is 53.6 Å². The molecule has 8 heteroatoms. The van der Waals surface area contributed by atoms with E-state index in [0.29, 0.717) is 28.3 Å². The number of carbonyl (C=O) groups is 3. The third-order valence-corrected chi connectivity index (χ3v) is 3.79. The Hall–Kier alpha value is -3.55. The fourth-order valence-electron chi connectivity index (χ4n) is 2.48. The van der Waals surface area contributed by atoms with Crippen LogP contribution in [0.15, 0.2) is 42.5 Å². The highest BCUT2D eigenvalue weighted by atomic mass is 16.5. The van der Waals surface area contributed by atoms with Crippen molar-refractivity contribution in [1.82, 2.24) is 10.6 Å². The third kappa shape index (κ3) is 5.73. The van der Waals surface area contributed by atoms with Gasteiger partial charge in [-0.15, -0.1) is 0 Å². The molecule has 0 saturated heterocycles. The van der Waals surface area contributed by atoms with Crippen LogP contribution in [0, 0.1) is 0 Å². The number of nitrogens with one attached hydrogen (secondary N) is 3. The Balaban J connectivity index is 1.84. The number of anilines is 1. The Labute approximate surface area is 163 Å². The number of rotatable bonds is 8. The predicted molar refractivity (Wildman–Crippen MR) is 105 cm³/mol. The van der Waals surface area contributed by atoms with Gasteiger partial charge in [-0.05, 0) is 36.4 Å². The van der Waals surface area contributed by atoms with Crippen LogP contribution in [-0.4, -0.2) is 45.0 Å². The van der Waals surface area contributed by atoms with E-state index < -0.39 is 0 Å². The van der Waals surface area contributed by atoms with Gasteiger partial charge in [-0.25, -0.2) is 0 Å². The van der Waals surface area contributed by atoms with Gasteiger partial charge < -0.3 is 25.4 Å². The van der Waals surface area contributed by atoms with Gasteiger partial charge in [-0.1, -0.05) is 6.07 Å². The zero-order chi connectivity index (χ0) is 20.5. The van der Waals surface area contributed by atoms with Crippen LogP contribution in [0.2, 0.25) is 0 Å². The predicted octanol–water partition coefficient (Wildman–Crippen LogP) is 1.82. The third-order valence-electron chi connectivity index (χ3n) is 3.79. The van der Waals surface area contributed by atoms with Crippen molar-refractivity contribution in [3.8, 4) is 11.5 Å². The first-order valence-corrected chi connectivity index (χ1v) is 8.60. The van der Waals surface area contributed by atoms with Crippen molar-refractivity contribution in [2.45, 2.75) is 6.92 Å². The molecule has 0 heterocycles. The minimum atomic E-state index is -0.299. The van der Waals surface area contributed by atoms with Crippen LogP contribution < -0.4 is 25.4 Å². The Morgan fingerprint density at radius 2 is 1.43 bits per heavy atom. The summed E-state index contributed by atoms with van der Waals surface area (Å²) in [6.45, 7) is 1.90. The quantitative estimate of drug-likeness (QED) is 0.601. The molecule has 3 amide bonds. The number of carbonyl (C=O) groups excluding carboxylic acids is 3. The number of hydrogen-bond donors (Lipinski definition) is 3. The number of amides is 3. The molecule has 0 aliphatic rings. The van der Waals surface area contributed by atoms with Crippen LogP contribution in [0.25, 0.3) is 0 Å². The largest absolute Gasteiger partial charge is 0.493 e. The van der Waals surface area contributed by atoms with Gasteiger partial charge in [0.2, 0.25) is 5.91 Å². The Morgan fingerprint density at radius 3 is 2.00 bits per heavy atom. The summed E-state index contributed by atoms with van der Waals surface area (Å²) in [6, 6.07) is 11.5. The molecule has 0 aliphatic heterocycles. The van der Waals surface area contributed by atoms with Gasteiger partial charge in [0.1, 0.15) is 0 Å². The number of ether oxygens (including phenoxy) is 2. The van der Waals surface area contributed by atoms with Crippen LogP contribution in [0.3, 0.4) is 0 Å². The van der Waals surface area contributed by atoms with Gasteiger partial charge in [-0.3, -0.25) is 14.4 Å². The zero-order valence-electron chi connectivity index (χ0n) is 16.0. The second-order valence-electron chi connectivity index (χ2n) is 5.84. The summed E-state index contributed by atoms with van der Waals surface area (Å²) in [4.78, 5) is 35.5. The molecule has 2 aromatic rings. The van der Waals surface area contributed by atoms with E-state index in [2.05, 4.69) is 16.0 Å². The molecule has 2 aromatic carbocycles. The molecule has 0 unspecified atom stereocenters. The summed E-state index contributed by atoms with van der Waals surface area (Å²) < 4.78 is 10.3. The molecule has 28 heavy (non-hydrogen) atoms. The Kier molecular flexibility index (Phi) is 7.38. The number of hydrogen-bond acceptors (Lipinski definition) is 5. The van der Waals surface area contributed by atoms with E-state index in [1.54, 1.807) is 42.5 Å². The summed E-state index contributed by atoms with van der Waals surface area (Å²) in [5, 5.41) is 8.06. The molecule has 3 N–H and O–H groups in total. The minimum absolute atomic E-state index is 0.213. The van der Waals surface area contributed by atoms with Crippen molar-refractivity contribution in [2.75, 3.05) is 32.6 Å². The lowest BCUT2D eigenvalue weighted by Crippen LogP contribution is -2.34. The monoisotopic (exact) mass is 385 g/mol. The van der Waals surface area contributed by atoms with Gasteiger partial charge in [0, 0.05) is 36.8 Å². The average molecular weight is 385 g/mol.